The number of imidazole rings is 1. The number of carbonyl (C=O) groups is 1. The Labute approximate surface area is 201 Å². The zero-order chi connectivity index (χ0) is 23.2. The van der Waals surface area contributed by atoms with E-state index in [1.807, 2.05) is 28.7 Å². The molecule has 0 saturated heterocycles. The quantitative estimate of drug-likeness (QED) is 0.306. The molecule has 5 aromatic rings. The summed E-state index contributed by atoms with van der Waals surface area (Å²) in [4.78, 5) is 26.1. The monoisotopic (exact) mass is 468 g/mol. The van der Waals surface area contributed by atoms with Gasteiger partial charge in [0, 0.05) is 22.4 Å². The summed E-state index contributed by atoms with van der Waals surface area (Å²) >= 11 is 6.55. The molecule has 0 bridgehead atoms. The number of esters is 1. The largest absolute Gasteiger partial charge is 0.469 e. The topological polar surface area (TPSA) is 69.4 Å². The molecule has 0 aliphatic heterocycles. The Morgan fingerprint density at radius 2 is 1.79 bits per heavy atom. The maximum absolute atomic E-state index is 11.9. The summed E-state index contributed by atoms with van der Waals surface area (Å²) in [6.07, 6.45) is 4.80. The van der Waals surface area contributed by atoms with Gasteiger partial charge in [-0.1, -0.05) is 60.1 Å². The van der Waals surface area contributed by atoms with Crippen LogP contribution in [0.1, 0.15) is 24.6 Å². The van der Waals surface area contributed by atoms with E-state index >= 15 is 0 Å². The van der Waals surface area contributed by atoms with Gasteiger partial charge in [-0.3, -0.25) is 14.2 Å². The van der Waals surface area contributed by atoms with E-state index in [2.05, 4.69) is 41.4 Å². The predicted octanol–water partition coefficient (Wildman–Crippen LogP) is 5.93. The number of rotatable bonds is 4. The summed E-state index contributed by atoms with van der Waals surface area (Å²) in [6, 6.07) is 20.4. The molecule has 3 aromatic heterocycles. The lowest BCUT2D eigenvalue weighted by molar-refractivity contribution is -0.149. The molecule has 1 fully saturated rings. The molecule has 7 heteroatoms. The highest BCUT2D eigenvalue weighted by atomic mass is 35.5. The lowest BCUT2D eigenvalue weighted by Gasteiger charge is -2.32. The molecule has 2 aromatic carbocycles. The lowest BCUT2D eigenvalue weighted by atomic mass is 9.74. The second kappa shape index (κ2) is 8.22. The Balaban J connectivity index is 1.44. The van der Waals surface area contributed by atoms with Gasteiger partial charge in [-0.25, -0.2) is 9.97 Å². The Morgan fingerprint density at radius 1 is 1.00 bits per heavy atom. The number of hydrogen-bond donors (Lipinski definition) is 0. The van der Waals surface area contributed by atoms with Crippen LogP contribution in [0.4, 0.5) is 0 Å². The third-order valence-corrected chi connectivity index (χ3v) is 6.87. The van der Waals surface area contributed by atoms with E-state index in [-0.39, 0.29) is 17.8 Å². The maximum Gasteiger partial charge on any atom is 0.308 e. The third-order valence-electron chi connectivity index (χ3n) is 6.60. The third kappa shape index (κ3) is 3.42. The molecule has 0 unspecified atom stereocenters. The summed E-state index contributed by atoms with van der Waals surface area (Å²) in [7, 11) is 1.43. The van der Waals surface area contributed by atoms with Gasteiger partial charge in [0.25, 0.3) is 0 Å². The summed E-state index contributed by atoms with van der Waals surface area (Å²) in [5.41, 5.74) is 5.48. The Hall–Kier alpha value is -3.77. The molecular formula is C27H21ClN4O2. The Kier molecular flexibility index (Phi) is 5.03. The van der Waals surface area contributed by atoms with Crippen LogP contribution in [0.2, 0.25) is 5.15 Å². The van der Waals surface area contributed by atoms with Crippen molar-refractivity contribution < 1.29 is 9.53 Å². The summed E-state index contributed by atoms with van der Waals surface area (Å²) in [5, 5.41) is 1.56. The highest BCUT2D eigenvalue weighted by Gasteiger charge is 2.39. The summed E-state index contributed by atoms with van der Waals surface area (Å²) in [6.45, 7) is 0. The highest BCUT2D eigenvalue weighted by Crippen LogP contribution is 2.44. The average molecular weight is 469 g/mol. The van der Waals surface area contributed by atoms with Gasteiger partial charge in [0.05, 0.1) is 47.8 Å². The molecule has 1 saturated carbocycles. The van der Waals surface area contributed by atoms with E-state index in [0.717, 1.165) is 44.8 Å². The number of hydrogen-bond acceptors (Lipinski definition) is 5. The second-order valence-electron chi connectivity index (χ2n) is 8.63. The van der Waals surface area contributed by atoms with E-state index in [1.54, 1.807) is 12.4 Å². The van der Waals surface area contributed by atoms with Crippen LogP contribution in [0, 0.1) is 5.92 Å². The fourth-order valence-corrected chi connectivity index (χ4v) is 4.96. The maximum atomic E-state index is 11.9. The van der Waals surface area contributed by atoms with Crippen molar-refractivity contribution in [3.63, 3.8) is 0 Å². The van der Waals surface area contributed by atoms with Crippen molar-refractivity contribution in [2.24, 2.45) is 5.92 Å². The number of ether oxygens (including phenoxy) is 1. The van der Waals surface area contributed by atoms with Crippen LogP contribution in [-0.2, 0) is 9.53 Å². The number of benzene rings is 2. The van der Waals surface area contributed by atoms with Crippen LogP contribution >= 0.6 is 11.6 Å². The number of fused-ring (bicyclic) bond motifs is 2. The smallest absolute Gasteiger partial charge is 0.308 e. The van der Waals surface area contributed by atoms with Crippen molar-refractivity contribution in [3.05, 3.63) is 84.0 Å². The van der Waals surface area contributed by atoms with Crippen molar-refractivity contribution in [3.8, 4) is 22.5 Å². The first-order chi connectivity index (χ1) is 16.6. The highest BCUT2D eigenvalue weighted by molar-refractivity contribution is 6.29. The van der Waals surface area contributed by atoms with Crippen molar-refractivity contribution in [2.75, 3.05) is 7.11 Å². The Bertz CT molecular complexity index is 1540. The van der Waals surface area contributed by atoms with Gasteiger partial charge in [-0.05, 0) is 25.0 Å². The molecule has 168 valence electrons. The van der Waals surface area contributed by atoms with Crippen molar-refractivity contribution in [1.29, 1.82) is 0 Å². The van der Waals surface area contributed by atoms with E-state index in [1.165, 1.54) is 7.11 Å². The number of halogens is 1. The van der Waals surface area contributed by atoms with E-state index in [4.69, 9.17) is 26.3 Å². The number of pyridine rings is 1. The molecule has 1 aliphatic rings. The lowest BCUT2D eigenvalue weighted by Crippen LogP contribution is -2.31. The fraction of sp³-hybridized carbons (Fsp3) is 0.185. The summed E-state index contributed by atoms with van der Waals surface area (Å²) < 4.78 is 6.84. The van der Waals surface area contributed by atoms with Crippen LogP contribution < -0.4 is 0 Å². The van der Waals surface area contributed by atoms with Gasteiger partial charge in [-0.2, -0.15) is 0 Å². The number of methoxy groups -OCH3 is 1. The van der Waals surface area contributed by atoms with Crippen LogP contribution in [0.5, 0.6) is 0 Å². The molecule has 1 aliphatic carbocycles. The molecule has 34 heavy (non-hydrogen) atoms. The van der Waals surface area contributed by atoms with E-state index < -0.39 is 0 Å². The molecular weight excluding hydrogens is 448 g/mol. The number of nitrogens with zero attached hydrogens (tertiary/aromatic N) is 4. The number of carbonyl (C=O) groups excluding carboxylic acids is 1. The fourth-order valence-electron chi connectivity index (χ4n) is 4.73. The predicted molar refractivity (Wildman–Crippen MR) is 132 cm³/mol. The molecule has 0 radical (unpaired) electrons. The minimum absolute atomic E-state index is 0.0901. The molecule has 0 spiro atoms. The van der Waals surface area contributed by atoms with Crippen molar-refractivity contribution in [1.82, 2.24) is 19.4 Å². The zero-order valence-corrected chi connectivity index (χ0v) is 19.2. The first-order valence-electron chi connectivity index (χ1n) is 11.2. The SMILES string of the molecule is COC(=O)C1CC(c2nc(-c3ccc4ccc(-c5ccccc5)nc4c3)c3cncc(Cl)n23)C1. The van der Waals surface area contributed by atoms with Gasteiger partial charge in [-0.15, -0.1) is 0 Å². The minimum atomic E-state index is -0.167. The van der Waals surface area contributed by atoms with Crippen LogP contribution in [0.3, 0.4) is 0 Å². The first kappa shape index (κ1) is 20.8. The van der Waals surface area contributed by atoms with Crippen molar-refractivity contribution in [2.45, 2.75) is 18.8 Å². The summed E-state index contributed by atoms with van der Waals surface area (Å²) in [5.74, 6) is 0.727. The van der Waals surface area contributed by atoms with Gasteiger partial charge in [0.1, 0.15) is 11.0 Å². The molecule has 0 atom stereocenters. The van der Waals surface area contributed by atoms with E-state index in [9.17, 15) is 4.79 Å². The standard InChI is InChI=1S/C27H21ClN4O2/c1-34-27(33)20-11-19(12-20)26-31-25(23-14-29-15-24(28)32(23)26)18-8-7-17-9-10-21(30-22(17)13-18)16-5-3-2-4-6-16/h2-10,13-15,19-20H,11-12H2,1H3. The normalized spacial score (nSPS) is 17.6. The van der Waals surface area contributed by atoms with Gasteiger partial charge < -0.3 is 4.74 Å². The van der Waals surface area contributed by atoms with Gasteiger partial charge >= 0.3 is 5.97 Å². The van der Waals surface area contributed by atoms with Crippen LogP contribution in [-0.4, -0.2) is 32.4 Å². The molecule has 6 rings (SSSR count). The number of aromatic nitrogens is 4. The zero-order valence-electron chi connectivity index (χ0n) is 18.5. The van der Waals surface area contributed by atoms with Gasteiger partial charge in [0.15, 0.2) is 0 Å². The second-order valence-corrected chi connectivity index (χ2v) is 9.01. The molecule has 0 N–H and O–H groups in total. The van der Waals surface area contributed by atoms with Gasteiger partial charge in [0.2, 0.25) is 0 Å². The molecule has 0 amide bonds. The first-order valence-corrected chi connectivity index (χ1v) is 11.6. The molecule has 3 heterocycles. The minimum Gasteiger partial charge on any atom is -0.469 e. The van der Waals surface area contributed by atoms with Crippen molar-refractivity contribution >= 4 is 34.0 Å². The Morgan fingerprint density at radius 3 is 2.59 bits per heavy atom. The van der Waals surface area contributed by atoms with Crippen LogP contribution in [0.15, 0.2) is 73.1 Å². The van der Waals surface area contributed by atoms with E-state index in [0.29, 0.717) is 18.0 Å². The average Bonchev–Trinajstić information content (AvgIpc) is 3.23. The molecule has 6 nitrogen and oxygen atoms in total. The van der Waals surface area contributed by atoms with Crippen LogP contribution in [0.25, 0.3) is 38.9 Å².